The molecule has 2 aromatic rings. The summed E-state index contributed by atoms with van der Waals surface area (Å²) < 4.78 is 0. The van der Waals surface area contributed by atoms with Gasteiger partial charge in [0.05, 0.1) is 5.69 Å². The van der Waals surface area contributed by atoms with Crippen LogP contribution >= 0.6 is 0 Å². The van der Waals surface area contributed by atoms with Gasteiger partial charge < -0.3 is 10.8 Å². The van der Waals surface area contributed by atoms with Crippen LogP contribution in [0.5, 0.6) is 5.75 Å². The Kier molecular flexibility index (Phi) is 1.89. The number of aryl methyl sites for hydroxylation is 1. The molecule has 1 aromatic heterocycles. The topological polar surface area (TPSA) is 74.9 Å². The molecule has 1 aromatic carbocycles. The molecule has 72 valence electrons. The normalized spacial score (nSPS) is 10.4. The average Bonchev–Trinajstić information content (AvgIpc) is 2.51. The highest BCUT2D eigenvalue weighted by Crippen LogP contribution is 2.25. The smallest absolute Gasteiger partial charge is 0.145 e. The fraction of sp³-hybridized carbons (Fsp3) is 0.100. The second-order valence-corrected chi connectivity index (χ2v) is 3.21. The Morgan fingerprint density at radius 1 is 1.36 bits per heavy atom. The van der Waals surface area contributed by atoms with Crippen LogP contribution in [0.2, 0.25) is 0 Å². The first-order valence-electron chi connectivity index (χ1n) is 4.27. The minimum atomic E-state index is 0.263. The van der Waals surface area contributed by atoms with Crippen LogP contribution in [-0.2, 0) is 0 Å². The number of benzene rings is 1. The fourth-order valence-electron chi connectivity index (χ4n) is 1.43. The van der Waals surface area contributed by atoms with Gasteiger partial charge in [-0.1, -0.05) is 0 Å². The fourth-order valence-corrected chi connectivity index (χ4v) is 1.43. The number of nitrogens with one attached hydrogen (secondary N) is 1. The van der Waals surface area contributed by atoms with Gasteiger partial charge in [-0.05, 0) is 30.7 Å². The molecule has 0 aliphatic carbocycles. The van der Waals surface area contributed by atoms with Crippen LogP contribution in [0.4, 0.5) is 5.82 Å². The quantitative estimate of drug-likeness (QED) is 0.638. The van der Waals surface area contributed by atoms with Crippen molar-refractivity contribution < 1.29 is 5.11 Å². The van der Waals surface area contributed by atoms with Gasteiger partial charge in [-0.2, -0.15) is 5.10 Å². The van der Waals surface area contributed by atoms with Crippen molar-refractivity contribution in [1.82, 2.24) is 10.2 Å². The van der Waals surface area contributed by atoms with E-state index in [-0.39, 0.29) is 5.75 Å². The van der Waals surface area contributed by atoms with Gasteiger partial charge in [0.1, 0.15) is 11.6 Å². The largest absolute Gasteiger partial charge is 0.508 e. The molecule has 14 heavy (non-hydrogen) atoms. The Balaban J connectivity index is 2.52. The summed E-state index contributed by atoms with van der Waals surface area (Å²) in [6, 6.07) is 6.93. The standard InChI is InChI=1S/C10H11N3O/c1-6-4-7(14)2-3-8(6)9-5-10(11)13-12-9/h2-5,14H,1H3,(H3,11,12,13). The molecule has 4 heteroatoms. The van der Waals surface area contributed by atoms with Crippen molar-refractivity contribution in [2.45, 2.75) is 6.92 Å². The van der Waals surface area contributed by atoms with Gasteiger partial charge in [0, 0.05) is 11.6 Å². The van der Waals surface area contributed by atoms with E-state index < -0.39 is 0 Å². The molecular formula is C10H11N3O. The average molecular weight is 189 g/mol. The molecule has 0 radical (unpaired) electrons. The lowest BCUT2D eigenvalue weighted by Crippen LogP contribution is -1.82. The molecule has 0 spiro atoms. The lowest BCUT2D eigenvalue weighted by atomic mass is 10.1. The van der Waals surface area contributed by atoms with Crippen LogP contribution in [0.15, 0.2) is 24.3 Å². The maximum absolute atomic E-state index is 9.24. The summed E-state index contributed by atoms with van der Waals surface area (Å²) >= 11 is 0. The summed E-state index contributed by atoms with van der Waals surface area (Å²) in [6.07, 6.45) is 0. The highest BCUT2D eigenvalue weighted by Gasteiger charge is 2.04. The van der Waals surface area contributed by atoms with E-state index in [1.807, 2.05) is 13.0 Å². The van der Waals surface area contributed by atoms with Gasteiger partial charge in [-0.25, -0.2) is 0 Å². The number of nitrogen functional groups attached to an aromatic ring is 1. The monoisotopic (exact) mass is 189 g/mol. The summed E-state index contributed by atoms with van der Waals surface area (Å²) in [7, 11) is 0. The molecule has 0 atom stereocenters. The van der Waals surface area contributed by atoms with Crippen LogP contribution < -0.4 is 5.73 Å². The lowest BCUT2D eigenvalue weighted by Gasteiger charge is -2.02. The van der Waals surface area contributed by atoms with E-state index in [0.29, 0.717) is 5.82 Å². The molecule has 0 aliphatic rings. The number of hydrogen-bond acceptors (Lipinski definition) is 3. The summed E-state index contributed by atoms with van der Waals surface area (Å²) in [5.74, 6) is 0.728. The van der Waals surface area contributed by atoms with Crippen molar-refractivity contribution >= 4 is 5.82 Å². The summed E-state index contributed by atoms with van der Waals surface area (Å²) in [5.41, 5.74) is 8.34. The number of hydrogen-bond donors (Lipinski definition) is 3. The summed E-state index contributed by atoms with van der Waals surface area (Å²) in [5, 5.41) is 15.9. The van der Waals surface area contributed by atoms with Gasteiger partial charge in [0.15, 0.2) is 0 Å². The number of rotatable bonds is 1. The van der Waals surface area contributed by atoms with Crippen LogP contribution in [0.1, 0.15) is 5.56 Å². The zero-order chi connectivity index (χ0) is 10.1. The molecule has 0 bridgehead atoms. The number of H-pyrrole nitrogens is 1. The zero-order valence-electron chi connectivity index (χ0n) is 7.78. The zero-order valence-corrected chi connectivity index (χ0v) is 7.78. The summed E-state index contributed by atoms with van der Waals surface area (Å²) in [4.78, 5) is 0. The van der Waals surface area contributed by atoms with E-state index >= 15 is 0 Å². The van der Waals surface area contributed by atoms with Crippen LogP contribution in [-0.4, -0.2) is 15.3 Å². The number of phenolic OH excluding ortho intramolecular Hbond substituents is 1. The van der Waals surface area contributed by atoms with Crippen molar-refractivity contribution in [2.75, 3.05) is 5.73 Å². The molecule has 1 heterocycles. The molecule has 0 aliphatic heterocycles. The molecule has 0 fully saturated rings. The number of nitrogens with zero attached hydrogens (tertiary/aromatic N) is 1. The highest BCUT2D eigenvalue weighted by atomic mass is 16.3. The second-order valence-electron chi connectivity index (χ2n) is 3.21. The third-order valence-electron chi connectivity index (χ3n) is 2.10. The van der Waals surface area contributed by atoms with Gasteiger partial charge in [0.2, 0.25) is 0 Å². The van der Waals surface area contributed by atoms with Crippen molar-refractivity contribution in [3.63, 3.8) is 0 Å². The highest BCUT2D eigenvalue weighted by molar-refractivity contribution is 5.66. The van der Waals surface area contributed by atoms with Crippen molar-refractivity contribution in [3.05, 3.63) is 29.8 Å². The third kappa shape index (κ3) is 1.42. The van der Waals surface area contributed by atoms with Gasteiger partial charge in [-0.3, -0.25) is 5.10 Å². The number of phenols is 1. The molecule has 0 saturated heterocycles. The first-order chi connectivity index (χ1) is 6.66. The Labute approximate surface area is 81.4 Å². The maximum atomic E-state index is 9.24. The van der Waals surface area contributed by atoms with Gasteiger partial charge in [-0.15, -0.1) is 0 Å². The predicted molar refractivity (Wildman–Crippen MR) is 54.8 cm³/mol. The van der Waals surface area contributed by atoms with Gasteiger partial charge in [0.25, 0.3) is 0 Å². The minimum Gasteiger partial charge on any atom is -0.508 e. The number of aromatic amines is 1. The predicted octanol–water partition coefficient (Wildman–Crippen LogP) is 1.67. The van der Waals surface area contributed by atoms with E-state index in [4.69, 9.17) is 5.73 Å². The van der Waals surface area contributed by atoms with Gasteiger partial charge >= 0.3 is 0 Å². The molecular weight excluding hydrogens is 178 g/mol. The van der Waals surface area contributed by atoms with E-state index in [1.54, 1.807) is 18.2 Å². The van der Waals surface area contributed by atoms with Crippen molar-refractivity contribution in [2.24, 2.45) is 0 Å². The van der Waals surface area contributed by atoms with Crippen molar-refractivity contribution in [3.8, 4) is 17.0 Å². The molecule has 0 unspecified atom stereocenters. The number of aromatic nitrogens is 2. The lowest BCUT2D eigenvalue weighted by molar-refractivity contribution is 0.475. The second kappa shape index (κ2) is 3.06. The molecule has 0 saturated carbocycles. The van der Waals surface area contributed by atoms with Crippen molar-refractivity contribution in [1.29, 1.82) is 0 Å². The van der Waals surface area contributed by atoms with E-state index in [9.17, 15) is 5.11 Å². The van der Waals surface area contributed by atoms with E-state index in [2.05, 4.69) is 10.2 Å². The minimum absolute atomic E-state index is 0.263. The number of aromatic hydroxyl groups is 1. The Bertz CT molecular complexity index is 462. The molecule has 4 nitrogen and oxygen atoms in total. The summed E-state index contributed by atoms with van der Waals surface area (Å²) in [6.45, 7) is 1.92. The third-order valence-corrected chi connectivity index (χ3v) is 2.10. The molecule has 0 amide bonds. The number of anilines is 1. The Morgan fingerprint density at radius 3 is 2.71 bits per heavy atom. The maximum Gasteiger partial charge on any atom is 0.145 e. The SMILES string of the molecule is Cc1cc(O)ccc1-c1cc(N)n[nH]1. The Hall–Kier alpha value is -1.97. The van der Waals surface area contributed by atoms with Crippen LogP contribution in [0.25, 0.3) is 11.3 Å². The van der Waals surface area contributed by atoms with E-state index in [0.717, 1.165) is 16.8 Å². The first kappa shape index (κ1) is 8.62. The molecule has 2 rings (SSSR count). The first-order valence-corrected chi connectivity index (χ1v) is 4.27. The van der Waals surface area contributed by atoms with Crippen LogP contribution in [0.3, 0.4) is 0 Å². The number of nitrogens with two attached hydrogens (primary N) is 1. The molecule has 4 N–H and O–H groups in total. The van der Waals surface area contributed by atoms with Crippen LogP contribution in [0, 0.1) is 6.92 Å². The van der Waals surface area contributed by atoms with E-state index in [1.165, 1.54) is 0 Å². The Morgan fingerprint density at radius 2 is 2.14 bits per heavy atom.